The van der Waals surface area contributed by atoms with Crippen molar-refractivity contribution < 1.29 is 17.4 Å². The molecule has 1 amide bonds. The Balaban J connectivity index is 2.10. The van der Waals surface area contributed by atoms with E-state index in [9.17, 15) is 13.2 Å². The third kappa shape index (κ3) is 8.19. The average molecular weight is 432 g/mol. The molecule has 2 aromatic carbocycles. The van der Waals surface area contributed by atoms with Crippen LogP contribution in [0.25, 0.3) is 0 Å². The molecule has 0 saturated heterocycles. The lowest BCUT2D eigenvalue weighted by atomic mass is 10.0. The van der Waals surface area contributed by atoms with Crippen molar-refractivity contribution >= 4 is 16.0 Å². The van der Waals surface area contributed by atoms with Gasteiger partial charge in [-0.25, -0.2) is 0 Å². The summed E-state index contributed by atoms with van der Waals surface area (Å²) in [6.07, 6.45) is 5.64. The number of nitrogens with zero attached hydrogens (tertiary/aromatic N) is 1. The Hall–Kier alpha value is -2.34. The van der Waals surface area contributed by atoms with Crippen LogP contribution >= 0.6 is 0 Å². The minimum absolute atomic E-state index is 0.000251. The maximum Gasteiger partial charge on any atom is 0.306 e. The summed E-state index contributed by atoms with van der Waals surface area (Å²) in [6.45, 7) is 7.45. The van der Waals surface area contributed by atoms with Crippen LogP contribution in [0.3, 0.4) is 0 Å². The first-order valence-electron chi connectivity index (χ1n) is 10.5. The van der Waals surface area contributed by atoms with Gasteiger partial charge in [-0.15, -0.1) is 0 Å². The predicted octanol–water partition coefficient (Wildman–Crippen LogP) is 5.06. The second-order valence-electron chi connectivity index (χ2n) is 8.16. The van der Waals surface area contributed by atoms with E-state index >= 15 is 0 Å². The van der Waals surface area contributed by atoms with Crippen LogP contribution < -0.4 is 4.18 Å². The van der Waals surface area contributed by atoms with Gasteiger partial charge in [0, 0.05) is 18.7 Å². The van der Waals surface area contributed by atoms with Gasteiger partial charge in [0.2, 0.25) is 0 Å². The summed E-state index contributed by atoms with van der Waals surface area (Å²) < 4.78 is 27.4. The molecular weight excluding hydrogens is 398 g/mol. The van der Waals surface area contributed by atoms with Crippen LogP contribution in [-0.4, -0.2) is 32.0 Å². The molecule has 2 rings (SSSR count). The van der Waals surface area contributed by atoms with Crippen molar-refractivity contribution in [3.8, 4) is 5.75 Å². The molecule has 0 saturated carbocycles. The molecule has 0 heterocycles. The Labute approximate surface area is 181 Å². The lowest BCUT2D eigenvalue weighted by Crippen LogP contribution is -2.33. The van der Waals surface area contributed by atoms with E-state index in [2.05, 4.69) is 20.8 Å². The summed E-state index contributed by atoms with van der Waals surface area (Å²) in [5, 5.41) is 0. The molecule has 6 heteroatoms. The van der Waals surface area contributed by atoms with Gasteiger partial charge in [-0.1, -0.05) is 57.9 Å². The molecule has 164 valence electrons. The zero-order valence-corrected chi connectivity index (χ0v) is 19.2. The smallest absolute Gasteiger partial charge is 0.306 e. The first-order chi connectivity index (χ1) is 14.2. The molecule has 0 bridgehead atoms. The fraction of sp³-hybridized carbons (Fsp3) is 0.458. The molecule has 0 N–H and O–H groups in total. The summed E-state index contributed by atoms with van der Waals surface area (Å²) in [7, 11) is -3.55. The molecule has 5 nitrogen and oxygen atoms in total. The highest BCUT2D eigenvalue weighted by molar-refractivity contribution is 7.86. The van der Waals surface area contributed by atoms with Gasteiger partial charge in [0.1, 0.15) is 5.75 Å². The molecule has 0 fully saturated rings. The Morgan fingerprint density at radius 1 is 0.967 bits per heavy atom. The highest BCUT2D eigenvalue weighted by Gasteiger charge is 2.18. The van der Waals surface area contributed by atoms with Crippen LogP contribution in [0, 0.1) is 5.92 Å². The third-order valence-corrected chi connectivity index (χ3v) is 5.18. The number of hydrogen-bond acceptors (Lipinski definition) is 4. The standard InChI is InChI=1S/C24H33NO4S/c1-5-6-7-8-20-9-13-22(14-10-20)24(26)25(17-19(2)3)18-21-11-15-23(16-12-21)29-30(4,27)28/h9-16,19H,5-8,17-18H2,1-4H3. The van der Waals surface area contributed by atoms with Crippen molar-refractivity contribution in [1.29, 1.82) is 0 Å². The topological polar surface area (TPSA) is 63.7 Å². The maximum atomic E-state index is 13.1. The van der Waals surface area contributed by atoms with E-state index in [0.717, 1.165) is 18.2 Å². The van der Waals surface area contributed by atoms with Crippen LogP contribution in [0.15, 0.2) is 48.5 Å². The summed E-state index contributed by atoms with van der Waals surface area (Å²) in [6, 6.07) is 14.7. The molecule has 30 heavy (non-hydrogen) atoms. The van der Waals surface area contributed by atoms with E-state index < -0.39 is 10.1 Å². The number of hydrogen-bond donors (Lipinski definition) is 0. The van der Waals surface area contributed by atoms with Crippen molar-refractivity contribution in [2.24, 2.45) is 5.92 Å². The van der Waals surface area contributed by atoms with Crippen molar-refractivity contribution in [3.05, 3.63) is 65.2 Å². The number of benzene rings is 2. The van der Waals surface area contributed by atoms with Crippen LogP contribution in [-0.2, 0) is 23.1 Å². The lowest BCUT2D eigenvalue weighted by molar-refractivity contribution is 0.0722. The highest BCUT2D eigenvalue weighted by atomic mass is 32.2. The van der Waals surface area contributed by atoms with Crippen LogP contribution in [0.1, 0.15) is 61.5 Å². The second-order valence-corrected chi connectivity index (χ2v) is 9.74. The predicted molar refractivity (Wildman–Crippen MR) is 121 cm³/mol. The largest absolute Gasteiger partial charge is 0.383 e. The molecule has 0 aromatic heterocycles. The van der Waals surface area contributed by atoms with Crippen LogP contribution in [0.2, 0.25) is 0 Å². The van der Waals surface area contributed by atoms with Gasteiger partial charge >= 0.3 is 10.1 Å². The van der Waals surface area contributed by atoms with E-state index in [4.69, 9.17) is 4.18 Å². The normalized spacial score (nSPS) is 11.5. The second kappa shape index (κ2) is 11.2. The summed E-state index contributed by atoms with van der Waals surface area (Å²) in [5.74, 6) is 0.594. The maximum absolute atomic E-state index is 13.1. The number of carbonyl (C=O) groups is 1. The SMILES string of the molecule is CCCCCc1ccc(C(=O)N(Cc2ccc(OS(C)(=O)=O)cc2)CC(C)C)cc1. The minimum Gasteiger partial charge on any atom is -0.383 e. The van der Waals surface area contributed by atoms with Crippen molar-refractivity contribution in [3.63, 3.8) is 0 Å². The van der Waals surface area contributed by atoms with Gasteiger partial charge in [0.05, 0.1) is 6.26 Å². The quantitative estimate of drug-likeness (QED) is 0.369. The number of unbranched alkanes of at least 4 members (excludes halogenated alkanes) is 2. The van der Waals surface area contributed by atoms with Gasteiger partial charge in [-0.3, -0.25) is 4.79 Å². The molecule has 0 atom stereocenters. The molecular formula is C24H33NO4S. The van der Waals surface area contributed by atoms with Crippen molar-refractivity contribution in [2.45, 2.75) is 53.0 Å². The van der Waals surface area contributed by atoms with Gasteiger partial charge in [0.15, 0.2) is 0 Å². The number of aryl methyl sites for hydroxylation is 1. The Morgan fingerprint density at radius 3 is 2.10 bits per heavy atom. The molecule has 0 aliphatic carbocycles. The van der Waals surface area contributed by atoms with E-state index in [1.807, 2.05) is 29.2 Å². The summed E-state index contributed by atoms with van der Waals surface area (Å²) in [5.41, 5.74) is 2.87. The molecule has 0 unspecified atom stereocenters. The average Bonchev–Trinajstić information content (AvgIpc) is 2.68. The number of rotatable bonds is 11. The Bertz CT molecular complexity index is 903. The van der Waals surface area contributed by atoms with Crippen LogP contribution in [0.4, 0.5) is 0 Å². The van der Waals surface area contributed by atoms with E-state index in [1.165, 1.54) is 24.8 Å². The lowest BCUT2D eigenvalue weighted by Gasteiger charge is -2.25. The molecule has 0 spiro atoms. The van der Waals surface area contributed by atoms with Crippen LogP contribution in [0.5, 0.6) is 5.75 Å². The number of amides is 1. The Kier molecular flexibility index (Phi) is 8.90. The molecule has 0 aliphatic rings. The van der Waals surface area contributed by atoms with E-state index in [1.54, 1.807) is 24.3 Å². The van der Waals surface area contributed by atoms with Crippen molar-refractivity contribution in [2.75, 3.05) is 12.8 Å². The molecule has 0 aliphatic heterocycles. The summed E-state index contributed by atoms with van der Waals surface area (Å²) in [4.78, 5) is 15.0. The number of carbonyl (C=O) groups excluding carboxylic acids is 1. The zero-order valence-electron chi connectivity index (χ0n) is 18.4. The Morgan fingerprint density at radius 2 is 1.57 bits per heavy atom. The fourth-order valence-electron chi connectivity index (χ4n) is 3.28. The van der Waals surface area contributed by atoms with E-state index in [0.29, 0.717) is 24.6 Å². The summed E-state index contributed by atoms with van der Waals surface area (Å²) >= 11 is 0. The zero-order chi connectivity index (χ0) is 22.1. The van der Waals surface area contributed by atoms with Gasteiger partial charge in [0.25, 0.3) is 5.91 Å². The minimum atomic E-state index is -3.55. The molecule has 0 radical (unpaired) electrons. The highest BCUT2D eigenvalue weighted by Crippen LogP contribution is 2.18. The fourth-order valence-corrected chi connectivity index (χ4v) is 3.74. The monoisotopic (exact) mass is 431 g/mol. The first kappa shape index (κ1) is 23.9. The van der Waals surface area contributed by atoms with Gasteiger partial charge in [-0.05, 0) is 54.2 Å². The van der Waals surface area contributed by atoms with Crippen molar-refractivity contribution in [1.82, 2.24) is 4.90 Å². The molecule has 2 aromatic rings. The van der Waals surface area contributed by atoms with Gasteiger partial charge in [-0.2, -0.15) is 8.42 Å². The third-order valence-electron chi connectivity index (χ3n) is 4.69. The van der Waals surface area contributed by atoms with E-state index in [-0.39, 0.29) is 11.7 Å². The first-order valence-corrected chi connectivity index (χ1v) is 12.4. The van der Waals surface area contributed by atoms with Gasteiger partial charge < -0.3 is 9.08 Å².